The normalized spacial score (nSPS) is 13.7. The third-order valence-corrected chi connectivity index (χ3v) is 5.34. The van der Waals surface area contributed by atoms with Crippen molar-refractivity contribution in [2.75, 3.05) is 26.7 Å². The van der Waals surface area contributed by atoms with E-state index in [-0.39, 0.29) is 5.91 Å². The average Bonchev–Trinajstić information content (AvgIpc) is 2.78. The lowest BCUT2D eigenvalue weighted by molar-refractivity contribution is -0.132. The van der Waals surface area contributed by atoms with Gasteiger partial charge >= 0.3 is 0 Å². The second-order valence-electron chi connectivity index (χ2n) is 7.45. The van der Waals surface area contributed by atoms with Crippen molar-refractivity contribution in [3.8, 4) is 0 Å². The maximum Gasteiger partial charge on any atom is 0.222 e. The van der Waals surface area contributed by atoms with Crippen molar-refractivity contribution < 1.29 is 4.79 Å². The van der Waals surface area contributed by atoms with E-state index in [1.807, 2.05) is 11.0 Å². The minimum Gasteiger partial charge on any atom is -0.356 e. The summed E-state index contributed by atoms with van der Waals surface area (Å²) in [5, 5.41) is 6.66. The third-order valence-electron chi connectivity index (χ3n) is 5.34. The first kappa shape index (κ1) is 20.9. The Morgan fingerprint density at radius 3 is 2.41 bits per heavy atom. The van der Waals surface area contributed by atoms with Crippen LogP contribution in [0.25, 0.3) is 0 Å². The summed E-state index contributed by atoms with van der Waals surface area (Å²) < 4.78 is 0. The number of amides is 1. The molecule has 0 fully saturated rings. The van der Waals surface area contributed by atoms with Crippen molar-refractivity contribution in [1.82, 2.24) is 15.5 Å². The molecule has 2 aromatic carbocycles. The van der Waals surface area contributed by atoms with Crippen LogP contribution in [-0.4, -0.2) is 43.4 Å². The molecule has 0 radical (unpaired) electrons. The average molecular weight is 393 g/mol. The quantitative estimate of drug-likeness (QED) is 0.412. The second-order valence-corrected chi connectivity index (χ2v) is 7.45. The molecule has 1 aliphatic rings. The topological polar surface area (TPSA) is 56.7 Å². The van der Waals surface area contributed by atoms with Gasteiger partial charge in [0.1, 0.15) is 0 Å². The highest BCUT2D eigenvalue weighted by molar-refractivity contribution is 5.80. The number of carbonyl (C=O) groups is 1. The number of aryl methyl sites for hydroxylation is 1. The molecular formula is C24H32N4O. The molecule has 0 saturated carbocycles. The number of guanidine groups is 1. The van der Waals surface area contributed by atoms with E-state index in [9.17, 15) is 4.79 Å². The maximum absolute atomic E-state index is 12.5. The third kappa shape index (κ3) is 6.63. The van der Waals surface area contributed by atoms with Gasteiger partial charge in [0.2, 0.25) is 5.91 Å². The van der Waals surface area contributed by atoms with Crippen LogP contribution in [0.1, 0.15) is 36.0 Å². The van der Waals surface area contributed by atoms with E-state index < -0.39 is 0 Å². The van der Waals surface area contributed by atoms with Gasteiger partial charge in [0.25, 0.3) is 0 Å². The molecule has 3 rings (SSSR count). The summed E-state index contributed by atoms with van der Waals surface area (Å²) in [6.45, 7) is 3.19. The number of hydrogen-bond acceptors (Lipinski definition) is 2. The van der Waals surface area contributed by atoms with E-state index in [4.69, 9.17) is 0 Å². The number of fused-ring (bicyclic) bond motifs is 1. The molecule has 154 valence electrons. The smallest absolute Gasteiger partial charge is 0.222 e. The van der Waals surface area contributed by atoms with Crippen LogP contribution >= 0.6 is 0 Å². The van der Waals surface area contributed by atoms with Gasteiger partial charge in [-0.1, -0.05) is 54.6 Å². The number of rotatable bonds is 8. The van der Waals surface area contributed by atoms with Crippen molar-refractivity contribution in [1.29, 1.82) is 0 Å². The van der Waals surface area contributed by atoms with Crippen molar-refractivity contribution in [2.45, 2.75) is 38.6 Å². The lowest BCUT2D eigenvalue weighted by Crippen LogP contribution is -2.39. The SMILES string of the molecule is CN=C(NCCCC(=O)N1CCc2ccccc2C1)NCCCc1ccccc1. The van der Waals surface area contributed by atoms with Crippen LogP contribution < -0.4 is 10.6 Å². The zero-order valence-electron chi connectivity index (χ0n) is 17.4. The minimum atomic E-state index is 0.243. The Morgan fingerprint density at radius 2 is 1.66 bits per heavy atom. The zero-order valence-corrected chi connectivity index (χ0v) is 17.4. The van der Waals surface area contributed by atoms with Crippen LogP contribution in [0.5, 0.6) is 0 Å². The molecule has 0 aromatic heterocycles. The van der Waals surface area contributed by atoms with Gasteiger partial charge in [0, 0.05) is 39.6 Å². The summed E-state index contributed by atoms with van der Waals surface area (Å²) in [5.74, 6) is 1.05. The van der Waals surface area contributed by atoms with Crippen LogP contribution in [0.15, 0.2) is 59.6 Å². The van der Waals surface area contributed by atoms with E-state index >= 15 is 0 Å². The fraction of sp³-hybridized carbons (Fsp3) is 0.417. The highest BCUT2D eigenvalue weighted by Crippen LogP contribution is 2.19. The number of hydrogen-bond donors (Lipinski definition) is 2. The largest absolute Gasteiger partial charge is 0.356 e. The summed E-state index contributed by atoms with van der Waals surface area (Å²) >= 11 is 0. The zero-order chi connectivity index (χ0) is 20.3. The van der Waals surface area contributed by atoms with Gasteiger partial charge in [0.15, 0.2) is 5.96 Å². The Kier molecular flexibility index (Phi) is 8.11. The van der Waals surface area contributed by atoms with Crippen molar-refractivity contribution in [3.63, 3.8) is 0 Å². The Hall–Kier alpha value is -2.82. The van der Waals surface area contributed by atoms with Crippen LogP contribution in [0.3, 0.4) is 0 Å². The first-order chi connectivity index (χ1) is 14.3. The van der Waals surface area contributed by atoms with Crippen molar-refractivity contribution in [3.05, 3.63) is 71.3 Å². The highest BCUT2D eigenvalue weighted by atomic mass is 16.2. The van der Waals surface area contributed by atoms with Crippen LogP contribution in [0, 0.1) is 0 Å². The molecule has 5 heteroatoms. The first-order valence-corrected chi connectivity index (χ1v) is 10.6. The summed E-state index contributed by atoms with van der Waals surface area (Å²) in [6.07, 6.45) is 4.44. The van der Waals surface area contributed by atoms with E-state index in [2.05, 4.69) is 64.2 Å². The first-order valence-electron chi connectivity index (χ1n) is 10.6. The summed E-state index contributed by atoms with van der Waals surface area (Å²) in [6, 6.07) is 18.9. The number of nitrogens with one attached hydrogen (secondary N) is 2. The Morgan fingerprint density at radius 1 is 0.966 bits per heavy atom. The molecule has 0 spiro atoms. The Balaban J connectivity index is 1.29. The molecular weight excluding hydrogens is 360 g/mol. The van der Waals surface area contributed by atoms with E-state index in [1.165, 1.54) is 16.7 Å². The number of nitrogens with zero attached hydrogens (tertiary/aromatic N) is 2. The predicted molar refractivity (Wildman–Crippen MR) is 119 cm³/mol. The minimum absolute atomic E-state index is 0.243. The summed E-state index contributed by atoms with van der Waals surface area (Å²) in [7, 11) is 1.78. The molecule has 0 atom stereocenters. The Labute approximate surface area is 174 Å². The van der Waals surface area contributed by atoms with Gasteiger partial charge in [-0.3, -0.25) is 9.79 Å². The Bertz CT molecular complexity index is 804. The van der Waals surface area contributed by atoms with Gasteiger partial charge in [-0.2, -0.15) is 0 Å². The number of aliphatic imine (C=N–C) groups is 1. The highest BCUT2D eigenvalue weighted by Gasteiger charge is 2.19. The van der Waals surface area contributed by atoms with Gasteiger partial charge < -0.3 is 15.5 Å². The lowest BCUT2D eigenvalue weighted by Gasteiger charge is -2.29. The molecule has 2 N–H and O–H groups in total. The van der Waals surface area contributed by atoms with Gasteiger partial charge in [0.05, 0.1) is 0 Å². The van der Waals surface area contributed by atoms with Gasteiger partial charge in [-0.15, -0.1) is 0 Å². The van der Waals surface area contributed by atoms with E-state index in [0.29, 0.717) is 6.42 Å². The number of benzene rings is 2. The molecule has 1 amide bonds. The second kappa shape index (κ2) is 11.2. The lowest BCUT2D eigenvalue weighted by atomic mass is 9.99. The van der Waals surface area contributed by atoms with E-state index in [1.54, 1.807) is 7.05 Å². The molecule has 5 nitrogen and oxygen atoms in total. The van der Waals surface area contributed by atoms with Crippen LogP contribution in [0.4, 0.5) is 0 Å². The van der Waals surface area contributed by atoms with Gasteiger partial charge in [-0.05, 0) is 42.4 Å². The monoisotopic (exact) mass is 392 g/mol. The predicted octanol–water partition coefficient (Wildman–Crippen LogP) is 3.15. The molecule has 1 aliphatic heterocycles. The molecule has 0 aliphatic carbocycles. The molecule has 1 heterocycles. The molecule has 0 unspecified atom stereocenters. The molecule has 2 aromatic rings. The fourth-order valence-corrected chi connectivity index (χ4v) is 3.68. The standard InChI is InChI=1S/C24H32N4O/c1-25-24(26-16-7-11-20-9-3-2-4-10-20)27-17-8-14-23(29)28-18-15-21-12-5-6-13-22(21)19-28/h2-6,9-10,12-13H,7-8,11,14-19H2,1H3,(H2,25,26,27). The van der Waals surface area contributed by atoms with Crippen LogP contribution in [0.2, 0.25) is 0 Å². The molecule has 0 bridgehead atoms. The molecule has 0 saturated heterocycles. The molecule has 29 heavy (non-hydrogen) atoms. The van der Waals surface area contributed by atoms with E-state index in [0.717, 1.165) is 57.8 Å². The maximum atomic E-state index is 12.5. The van der Waals surface area contributed by atoms with Gasteiger partial charge in [-0.25, -0.2) is 0 Å². The van der Waals surface area contributed by atoms with Crippen LogP contribution in [-0.2, 0) is 24.2 Å². The van der Waals surface area contributed by atoms with Crippen molar-refractivity contribution >= 4 is 11.9 Å². The number of carbonyl (C=O) groups excluding carboxylic acids is 1. The summed E-state index contributed by atoms with van der Waals surface area (Å²) in [4.78, 5) is 18.8. The van der Waals surface area contributed by atoms with Crippen molar-refractivity contribution in [2.24, 2.45) is 4.99 Å². The fourth-order valence-electron chi connectivity index (χ4n) is 3.68. The summed E-state index contributed by atoms with van der Waals surface area (Å²) in [5.41, 5.74) is 4.02.